The molecule has 8 nitrogen and oxygen atoms in total. The van der Waals surface area contributed by atoms with Crippen LogP contribution in [0.2, 0.25) is 0 Å². The number of methoxy groups -OCH3 is 1. The lowest BCUT2D eigenvalue weighted by Crippen LogP contribution is -2.28. The Balaban J connectivity index is 1.60. The summed E-state index contributed by atoms with van der Waals surface area (Å²) in [5.41, 5.74) is 0.515. The number of rotatable bonds is 6. The predicted molar refractivity (Wildman–Crippen MR) is 125 cm³/mol. The minimum Gasteiger partial charge on any atom is -0.495 e. The fourth-order valence-electron chi connectivity index (χ4n) is 3.32. The standard InChI is InChI=1S/C23H19FN4O4S/c1-13-19-22(33-20(13)21(30)27-16-9-5-6-10-17(16)32-2)25-12-28(23(19)31)11-18(29)26-15-8-4-3-7-14(15)24/h3-10,12H,11H2,1-2H3,(H,26,29)(H,27,30). The molecule has 0 aliphatic carbocycles. The molecule has 0 saturated heterocycles. The molecule has 0 aliphatic rings. The highest BCUT2D eigenvalue weighted by Gasteiger charge is 2.21. The van der Waals surface area contributed by atoms with Gasteiger partial charge in [0.05, 0.1) is 35.1 Å². The van der Waals surface area contributed by atoms with E-state index in [9.17, 15) is 18.8 Å². The number of aryl methyl sites for hydroxylation is 1. The first-order valence-corrected chi connectivity index (χ1v) is 10.7. The number of para-hydroxylation sites is 3. The van der Waals surface area contributed by atoms with E-state index in [1.807, 2.05) is 0 Å². The van der Waals surface area contributed by atoms with Gasteiger partial charge < -0.3 is 15.4 Å². The van der Waals surface area contributed by atoms with Crippen LogP contribution in [0.4, 0.5) is 15.8 Å². The van der Waals surface area contributed by atoms with Crippen LogP contribution in [0, 0.1) is 12.7 Å². The Bertz CT molecular complexity index is 1430. The summed E-state index contributed by atoms with van der Waals surface area (Å²) in [7, 11) is 1.50. The van der Waals surface area contributed by atoms with Crippen LogP contribution in [-0.2, 0) is 11.3 Å². The summed E-state index contributed by atoms with van der Waals surface area (Å²) in [6.07, 6.45) is 1.24. The summed E-state index contributed by atoms with van der Waals surface area (Å²) in [5, 5.41) is 5.48. The lowest BCUT2D eigenvalue weighted by molar-refractivity contribution is -0.116. The van der Waals surface area contributed by atoms with Gasteiger partial charge in [0, 0.05) is 0 Å². The van der Waals surface area contributed by atoms with Gasteiger partial charge in [0.25, 0.3) is 11.5 Å². The maximum Gasteiger partial charge on any atom is 0.266 e. The monoisotopic (exact) mass is 466 g/mol. The highest BCUT2D eigenvalue weighted by Crippen LogP contribution is 2.29. The molecular formula is C23H19FN4O4S. The highest BCUT2D eigenvalue weighted by atomic mass is 32.1. The van der Waals surface area contributed by atoms with Gasteiger partial charge in [-0.15, -0.1) is 11.3 Å². The zero-order chi connectivity index (χ0) is 23.5. The van der Waals surface area contributed by atoms with Crippen LogP contribution in [0.1, 0.15) is 15.2 Å². The highest BCUT2D eigenvalue weighted by molar-refractivity contribution is 7.20. The number of hydrogen-bond acceptors (Lipinski definition) is 6. The van der Waals surface area contributed by atoms with E-state index in [2.05, 4.69) is 15.6 Å². The van der Waals surface area contributed by atoms with Crippen molar-refractivity contribution in [2.24, 2.45) is 0 Å². The molecule has 0 bridgehead atoms. The minimum atomic E-state index is -0.578. The molecule has 2 heterocycles. The van der Waals surface area contributed by atoms with Gasteiger partial charge in [-0.05, 0) is 36.8 Å². The second-order valence-electron chi connectivity index (χ2n) is 7.10. The minimum absolute atomic E-state index is 0.0200. The van der Waals surface area contributed by atoms with Crippen molar-refractivity contribution in [2.45, 2.75) is 13.5 Å². The molecule has 0 saturated carbocycles. The van der Waals surface area contributed by atoms with E-state index >= 15 is 0 Å². The summed E-state index contributed by atoms with van der Waals surface area (Å²) in [4.78, 5) is 43.2. The smallest absolute Gasteiger partial charge is 0.266 e. The van der Waals surface area contributed by atoms with Crippen LogP contribution < -0.4 is 20.9 Å². The fourth-order valence-corrected chi connectivity index (χ4v) is 4.36. The number of carbonyl (C=O) groups excluding carboxylic acids is 2. The van der Waals surface area contributed by atoms with Crippen molar-refractivity contribution < 1.29 is 18.7 Å². The number of nitrogens with one attached hydrogen (secondary N) is 2. The Kier molecular flexibility index (Phi) is 6.18. The Labute approximate surface area is 191 Å². The molecule has 0 spiro atoms. The molecule has 2 aromatic heterocycles. The number of anilines is 2. The van der Waals surface area contributed by atoms with Crippen LogP contribution in [-0.4, -0.2) is 28.5 Å². The molecule has 4 rings (SSSR count). The van der Waals surface area contributed by atoms with Gasteiger partial charge in [0.15, 0.2) is 0 Å². The topological polar surface area (TPSA) is 102 Å². The van der Waals surface area contributed by atoms with Crippen molar-refractivity contribution in [2.75, 3.05) is 17.7 Å². The van der Waals surface area contributed by atoms with Crippen LogP contribution in [0.3, 0.4) is 0 Å². The molecule has 4 aromatic rings. The number of ether oxygens (including phenoxy) is 1. The van der Waals surface area contributed by atoms with Crippen molar-refractivity contribution >= 4 is 44.7 Å². The van der Waals surface area contributed by atoms with Gasteiger partial charge in [0.2, 0.25) is 5.91 Å². The molecule has 168 valence electrons. The molecule has 0 aliphatic heterocycles. The normalized spacial score (nSPS) is 10.8. The first-order chi connectivity index (χ1) is 15.9. The van der Waals surface area contributed by atoms with E-state index in [4.69, 9.17) is 4.74 Å². The third-order valence-electron chi connectivity index (χ3n) is 4.94. The summed E-state index contributed by atoms with van der Waals surface area (Å²) < 4.78 is 20.2. The number of benzene rings is 2. The van der Waals surface area contributed by atoms with Gasteiger partial charge in [-0.1, -0.05) is 24.3 Å². The zero-order valence-electron chi connectivity index (χ0n) is 17.7. The largest absolute Gasteiger partial charge is 0.495 e. The van der Waals surface area contributed by atoms with Crippen molar-refractivity contribution in [3.05, 3.63) is 81.5 Å². The number of halogens is 1. The van der Waals surface area contributed by atoms with Crippen LogP contribution in [0.15, 0.2) is 59.7 Å². The number of carbonyl (C=O) groups is 2. The number of hydrogen-bond donors (Lipinski definition) is 2. The Hall–Kier alpha value is -4.05. The number of amides is 2. The third-order valence-corrected chi connectivity index (χ3v) is 6.14. The quantitative estimate of drug-likeness (QED) is 0.450. The van der Waals surface area contributed by atoms with Crippen molar-refractivity contribution in [3.63, 3.8) is 0 Å². The Morgan fingerprint density at radius 2 is 1.79 bits per heavy atom. The van der Waals surface area contributed by atoms with Crippen molar-refractivity contribution in [1.82, 2.24) is 9.55 Å². The molecule has 33 heavy (non-hydrogen) atoms. The number of fused-ring (bicyclic) bond motifs is 1. The van der Waals surface area contributed by atoms with Crippen LogP contribution in [0.25, 0.3) is 10.2 Å². The number of nitrogens with zero attached hydrogens (tertiary/aromatic N) is 2. The van der Waals surface area contributed by atoms with E-state index in [1.165, 1.54) is 31.6 Å². The average molecular weight is 466 g/mol. The third kappa shape index (κ3) is 4.46. The molecule has 0 fully saturated rings. The lowest BCUT2D eigenvalue weighted by atomic mass is 10.2. The fraction of sp³-hybridized carbons (Fsp3) is 0.130. The molecule has 0 radical (unpaired) electrons. The van der Waals surface area contributed by atoms with Gasteiger partial charge in [-0.25, -0.2) is 9.37 Å². The van der Waals surface area contributed by atoms with Crippen LogP contribution >= 0.6 is 11.3 Å². The van der Waals surface area contributed by atoms with Gasteiger partial charge in [0.1, 0.15) is 22.9 Å². The Morgan fingerprint density at radius 3 is 2.52 bits per heavy atom. The Morgan fingerprint density at radius 1 is 1.09 bits per heavy atom. The molecule has 2 aromatic carbocycles. The maximum absolute atomic E-state index is 13.8. The summed E-state index contributed by atoms with van der Waals surface area (Å²) >= 11 is 1.08. The molecular weight excluding hydrogens is 447 g/mol. The second kappa shape index (κ2) is 9.21. The van der Waals surface area contributed by atoms with E-state index in [0.717, 1.165) is 15.9 Å². The summed E-state index contributed by atoms with van der Waals surface area (Å²) in [6.45, 7) is 1.30. The second-order valence-corrected chi connectivity index (χ2v) is 8.10. The molecule has 2 N–H and O–H groups in total. The van der Waals surface area contributed by atoms with Gasteiger partial charge >= 0.3 is 0 Å². The predicted octanol–water partition coefficient (Wildman–Crippen LogP) is 3.81. The summed E-state index contributed by atoms with van der Waals surface area (Å²) in [6, 6.07) is 12.7. The van der Waals surface area contributed by atoms with E-state index in [-0.39, 0.29) is 17.6 Å². The average Bonchev–Trinajstić information content (AvgIpc) is 3.15. The van der Waals surface area contributed by atoms with Gasteiger partial charge in [-0.2, -0.15) is 0 Å². The first kappa shape index (κ1) is 22.2. The van der Waals surface area contributed by atoms with E-state index < -0.39 is 23.2 Å². The molecule has 10 heteroatoms. The first-order valence-electron chi connectivity index (χ1n) is 9.86. The number of thiophene rings is 1. The zero-order valence-corrected chi connectivity index (χ0v) is 18.5. The summed E-state index contributed by atoms with van der Waals surface area (Å²) in [5.74, 6) is -1.05. The van der Waals surface area contributed by atoms with Gasteiger partial charge in [-0.3, -0.25) is 19.0 Å². The molecule has 0 unspecified atom stereocenters. The van der Waals surface area contributed by atoms with E-state index in [1.54, 1.807) is 37.3 Å². The van der Waals surface area contributed by atoms with E-state index in [0.29, 0.717) is 26.7 Å². The number of aromatic nitrogens is 2. The maximum atomic E-state index is 13.8. The van der Waals surface area contributed by atoms with Crippen molar-refractivity contribution in [1.29, 1.82) is 0 Å². The van der Waals surface area contributed by atoms with Crippen molar-refractivity contribution in [3.8, 4) is 5.75 Å². The molecule has 0 atom stereocenters. The SMILES string of the molecule is COc1ccccc1NC(=O)c1sc2ncn(CC(=O)Nc3ccccc3F)c(=O)c2c1C. The molecule has 2 amide bonds. The lowest BCUT2D eigenvalue weighted by Gasteiger charge is -2.09. The van der Waals surface area contributed by atoms with Crippen LogP contribution in [0.5, 0.6) is 5.75 Å².